The van der Waals surface area contributed by atoms with Gasteiger partial charge in [0, 0.05) is 11.1 Å². The molecule has 1 heterocycles. The highest BCUT2D eigenvalue weighted by atomic mass is 17.2. The highest BCUT2D eigenvalue weighted by Crippen LogP contribution is 2.39. The van der Waals surface area contributed by atoms with Gasteiger partial charge in [-0.05, 0) is 59.3 Å². The van der Waals surface area contributed by atoms with Gasteiger partial charge in [-0.2, -0.15) is 4.89 Å². The largest absolute Gasteiger partial charge is 0.345 e. The summed E-state index contributed by atoms with van der Waals surface area (Å²) in [4.78, 5) is 24.0. The molecule has 1 rings (SSSR count). The number of hydrogen-bond acceptors (Lipinski definition) is 4. The van der Waals surface area contributed by atoms with E-state index in [1.165, 1.54) is 109 Å². The van der Waals surface area contributed by atoms with Gasteiger partial charge in [-0.1, -0.05) is 136 Å². The monoisotopic (exact) mass is 552 g/mol. The van der Waals surface area contributed by atoms with E-state index in [9.17, 15) is 4.79 Å². The number of rotatable bonds is 25. The van der Waals surface area contributed by atoms with Gasteiger partial charge in [0.25, 0.3) is 0 Å². The molecule has 4 heteroatoms. The Labute approximate surface area is 244 Å². The molecule has 0 aromatic rings. The lowest BCUT2D eigenvalue weighted by Gasteiger charge is -2.48. The molecule has 1 aliphatic rings. The highest BCUT2D eigenvalue weighted by Gasteiger charge is 2.43. The lowest BCUT2D eigenvalue weighted by molar-refractivity contribution is -0.278. The first-order valence-electron chi connectivity index (χ1n) is 17.3. The maximum atomic E-state index is 13.2. The summed E-state index contributed by atoms with van der Waals surface area (Å²) in [6, 6.07) is 0. The topological polar surface area (TPSA) is 47.6 Å². The Hall–Kier alpha value is -0.610. The normalized spacial score (nSPS) is 17.8. The van der Waals surface area contributed by atoms with Crippen LogP contribution < -0.4 is 5.32 Å². The van der Waals surface area contributed by atoms with Crippen LogP contribution in [-0.2, 0) is 14.6 Å². The maximum absolute atomic E-state index is 13.2. The lowest BCUT2D eigenvalue weighted by Crippen LogP contribution is -2.59. The third-order valence-corrected chi connectivity index (χ3v) is 8.68. The zero-order valence-electron chi connectivity index (χ0n) is 27.4. The second-order valence-corrected chi connectivity index (χ2v) is 14.0. The zero-order valence-corrected chi connectivity index (χ0v) is 27.4. The third kappa shape index (κ3) is 19.2. The van der Waals surface area contributed by atoms with Gasteiger partial charge in [-0.3, -0.25) is 4.89 Å². The number of carbonyl (C=O) groups excluding carboxylic acids is 1. The van der Waals surface area contributed by atoms with Crippen molar-refractivity contribution in [2.75, 3.05) is 6.61 Å². The molecule has 0 saturated carbocycles. The van der Waals surface area contributed by atoms with Gasteiger partial charge < -0.3 is 5.32 Å². The van der Waals surface area contributed by atoms with Crippen molar-refractivity contribution < 1.29 is 14.6 Å². The minimum atomic E-state index is -0.134. The van der Waals surface area contributed by atoms with Crippen molar-refractivity contribution in [1.82, 2.24) is 5.32 Å². The van der Waals surface area contributed by atoms with Crippen molar-refractivity contribution in [3.8, 4) is 0 Å². The molecule has 0 bridgehead atoms. The molecular weight excluding hydrogens is 482 g/mol. The summed E-state index contributed by atoms with van der Waals surface area (Å²) in [7, 11) is 0. The van der Waals surface area contributed by atoms with Gasteiger partial charge >= 0.3 is 5.97 Å². The first-order valence-corrected chi connectivity index (χ1v) is 17.3. The Kier molecular flexibility index (Phi) is 20.6. The molecule has 1 saturated heterocycles. The highest BCUT2D eigenvalue weighted by molar-refractivity contribution is 5.72. The molecule has 0 aromatic carbocycles. The SMILES string of the molecule is CCCCCCCCCCCCCCCCCCC(C(=O)OOCCCCCC)C1CC(C)(C)NC(C)(C)C1. The maximum Gasteiger partial charge on any atom is 0.345 e. The van der Waals surface area contributed by atoms with Gasteiger partial charge in [-0.25, -0.2) is 4.79 Å². The summed E-state index contributed by atoms with van der Waals surface area (Å²) < 4.78 is 0. The number of nitrogens with one attached hydrogen (secondary N) is 1. The van der Waals surface area contributed by atoms with E-state index < -0.39 is 0 Å². The van der Waals surface area contributed by atoms with Crippen LogP contribution in [0.1, 0.15) is 189 Å². The van der Waals surface area contributed by atoms with Crippen LogP contribution in [0, 0.1) is 11.8 Å². The second-order valence-electron chi connectivity index (χ2n) is 14.0. The van der Waals surface area contributed by atoms with E-state index in [-0.39, 0.29) is 23.0 Å². The summed E-state index contributed by atoms with van der Waals surface area (Å²) in [5, 5.41) is 3.77. The smallest absolute Gasteiger partial charge is 0.307 e. The fraction of sp³-hybridized carbons (Fsp3) is 0.971. The first-order chi connectivity index (χ1) is 18.7. The Morgan fingerprint density at radius 3 is 1.46 bits per heavy atom. The van der Waals surface area contributed by atoms with Crippen molar-refractivity contribution in [2.24, 2.45) is 11.8 Å². The summed E-state index contributed by atoms with van der Waals surface area (Å²) in [6.07, 6.45) is 29.3. The van der Waals surface area contributed by atoms with Gasteiger partial charge in [0.1, 0.15) is 0 Å². The molecule has 1 aliphatic heterocycles. The average molecular weight is 552 g/mol. The van der Waals surface area contributed by atoms with Crippen LogP contribution >= 0.6 is 0 Å². The molecular formula is C35H69NO3. The van der Waals surface area contributed by atoms with Crippen molar-refractivity contribution in [1.29, 1.82) is 0 Å². The molecule has 0 radical (unpaired) electrons. The zero-order chi connectivity index (χ0) is 28.8. The summed E-state index contributed by atoms with van der Waals surface area (Å²) in [5.74, 6) is 0.140. The minimum absolute atomic E-state index is 0.0284. The van der Waals surface area contributed by atoms with E-state index in [0.29, 0.717) is 12.5 Å². The fourth-order valence-electron chi connectivity index (χ4n) is 6.89. The molecule has 39 heavy (non-hydrogen) atoms. The van der Waals surface area contributed by atoms with E-state index in [0.717, 1.165) is 38.5 Å². The first kappa shape index (κ1) is 36.4. The van der Waals surface area contributed by atoms with Crippen molar-refractivity contribution in [3.05, 3.63) is 0 Å². The lowest BCUT2D eigenvalue weighted by atomic mass is 9.69. The molecule has 232 valence electrons. The van der Waals surface area contributed by atoms with Gasteiger partial charge in [-0.15, -0.1) is 0 Å². The van der Waals surface area contributed by atoms with Crippen molar-refractivity contribution in [2.45, 2.75) is 200 Å². The predicted octanol–water partition coefficient (Wildman–Crippen LogP) is 10.9. The summed E-state index contributed by atoms with van der Waals surface area (Å²) >= 11 is 0. The number of carbonyl (C=O) groups is 1. The van der Waals surface area contributed by atoms with Gasteiger partial charge in [0.2, 0.25) is 0 Å². The molecule has 0 aliphatic carbocycles. The molecule has 0 spiro atoms. The Morgan fingerprint density at radius 1 is 0.641 bits per heavy atom. The van der Waals surface area contributed by atoms with Crippen molar-refractivity contribution >= 4 is 5.97 Å². The van der Waals surface area contributed by atoms with E-state index in [1.807, 2.05) is 0 Å². The minimum Gasteiger partial charge on any atom is -0.307 e. The number of piperidine rings is 1. The van der Waals surface area contributed by atoms with Crippen LogP contribution in [0.4, 0.5) is 0 Å². The number of hydrogen-bond donors (Lipinski definition) is 1. The number of unbranched alkanes of at least 4 members (excludes halogenated alkanes) is 18. The van der Waals surface area contributed by atoms with Crippen LogP contribution in [0.5, 0.6) is 0 Å². The predicted molar refractivity (Wildman–Crippen MR) is 168 cm³/mol. The molecule has 0 aromatic heterocycles. The molecule has 1 N–H and O–H groups in total. The van der Waals surface area contributed by atoms with E-state index in [1.54, 1.807) is 0 Å². The molecule has 0 amide bonds. The quantitative estimate of drug-likeness (QED) is 0.0696. The summed E-state index contributed by atoms with van der Waals surface area (Å²) in [5.41, 5.74) is 0.0567. The van der Waals surface area contributed by atoms with Crippen LogP contribution in [0.15, 0.2) is 0 Å². The van der Waals surface area contributed by atoms with Crippen LogP contribution in [0.2, 0.25) is 0 Å². The summed E-state index contributed by atoms with van der Waals surface area (Å²) in [6.45, 7) is 14.1. The van der Waals surface area contributed by atoms with Crippen LogP contribution in [0.3, 0.4) is 0 Å². The van der Waals surface area contributed by atoms with Gasteiger partial charge in [0.05, 0.1) is 12.5 Å². The Morgan fingerprint density at radius 2 is 1.03 bits per heavy atom. The molecule has 1 unspecified atom stereocenters. The van der Waals surface area contributed by atoms with Gasteiger partial charge in [0.15, 0.2) is 0 Å². The Balaban J connectivity index is 2.27. The van der Waals surface area contributed by atoms with E-state index in [2.05, 4.69) is 46.9 Å². The molecule has 1 fully saturated rings. The third-order valence-electron chi connectivity index (χ3n) is 8.68. The molecule has 1 atom stereocenters. The van der Waals surface area contributed by atoms with E-state index in [4.69, 9.17) is 9.78 Å². The average Bonchev–Trinajstić information content (AvgIpc) is 2.86. The Bertz CT molecular complexity index is 572. The molecule has 4 nitrogen and oxygen atoms in total. The fourth-order valence-corrected chi connectivity index (χ4v) is 6.89. The van der Waals surface area contributed by atoms with Crippen molar-refractivity contribution in [3.63, 3.8) is 0 Å². The van der Waals surface area contributed by atoms with E-state index >= 15 is 0 Å². The van der Waals surface area contributed by atoms with Crippen LogP contribution in [-0.4, -0.2) is 23.7 Å². The second kappa shape index (κ2) is 22.0. The standard InChI is InChI=1S/C35H69NO3/c1-7-9-11-13-14-15-16-17-18-19-20-21-22-23-24-25-27-32(33(37)39-38-28-26-12-10-8-2)31-29-34(3,4)36-35(5,6)30-31/h31-32,36H,7-30H2,1-6H3. The van der Waals surface area contributed by atoms with Crippen LogP contribution in [0.25, 0.3) is 0 Å².